The molecule has 1 saturated heterocycles. The zero-order valence-electron chi connectivity index (χ0n) is 10.8. The van der Waals surface area contributed by atoms with E-state index in [0.29, 0.717) is 11.4 Å². The van der Waals surface area contributed by atoms with Gasteiger partial charge in [0.1, 0.15) is 0 Å². The van der Waals surface area contributed by atoms with Crippen molar-refractivity contribution in [3.05, 3.63) is 23.8 Å². The van der Waals surface area contributed by atoms with E-state index >= 15 is 0 Å². The maximum Gasteiger partial charge on any atom is 0.335 e. The predicted molar refractivity (Wildman–Crippen MR) is 72.3 cm³/mol. The minimum absolute atomic E-state index is 0.0409. The number of benzene rings is 1. The van der Waals surface area contributed by atoms with Gasteiger partial charge in [-0.15, -0.1) is 0 Å². The summed E-state index contributed by atoms with van der Waals surface area (Å²) in [5.41, 5.74) is 7.15. The van der Waals surface area contributed by atoms with Crippen LogP contribution >= 0.6 is 0 Å². The number of hydrogen-bond donors (Lipinski definition) is 2. The molecule has 1 fully saturated rings. The molecule has 1 aromatic rings. The van der Waals surface area contributed by atoms with Crippen molar-refractivity contribution >= 4 is 23.3 Å². The van der Waals surface area contributed by atoms with E-state index < -0.39 is 5.97 Å². The molecule has 0 aromatic heterocycles. The largest absolute Gasteiger partial charge is 0.478 e. The second kappa shape index (κ2) is 5.17. The SMILES string of the molecule is CN1CCCN(c2ccc(C(=O)O)cc2N)CC1=O. The molecule has 102 valence electrons. The molecule has 0 radical (unpaired) electrons. The van der Waals surface area contributed by atoms with Crippen molar-refractivity contribution in [1.82, 2.24) is 4.90 Å². The predicted octanol–water partition coefficient (Wildman–Crippen LogP) is 0.635. The van der Waals surface area contributed by atoms with E-state index in [9.17, 15) is 9.59 Å². The maximum absolute atomic E-state index is 11.8. The summed E-state index contributed by atoms with van der Waals surface area (Å²) in [7, 11) is 1.78. The van der Waals surface area contributed by atoms with Gasteiger partial charge in [-0.1, -0.05) is 0 Å². The molecular weight excluding hydrogens is 246 g/mol. The quantitative estimate of drug-likeness (QED) is 0.764. The first-order valence-corrected chi connectivity index (χ1v) is 6.11. The third kappa shape index (κ3) is 2.78. The van der Waals surface area contributed by atoms with E-state index in [-0.39, 0.29) is 18.0 Å². The molecule has 1 aliphatic heterocycles. The molecule has 0 spiro atoms. The minimum atomic E-state index is -1.01. The van der Waals surface area contributed by atoms with Gasteiger partial charge in [0.05, 0.1) is 23.5 Å². The number of hydrogen-bond acceptors (Lipinski definition) is 4. The second-order valence-electron chi connectivity index (χ2n) is 4.67. The molecule has 1 aromatic carbocycles. The van der Waals surface area contributed by atoms with Crippen LogP contribution in [0.2, 0.25) is 0 Å². The van der Waals surface area contributed by atoms with Crippen molar-refractivity contribution in [1.29, 1.82) is 0 Å². The molecule has 0 unspecified atom stereocenters. The van der Waals surface area contributed by atoms with E-state index in [2.05, 4.69) is 0 Å². The highest BCUT2D eigenvalue weighted by molar-refractivity contribution is 5.91. The number of carbonyl (C=O) groups is 2. The Morgan fingerprint density at radius 3 is 2.74 bits per heavy atom. The summed E-state index contributed by atoms with van der Waals surface area (Å²) in [6.45, 7) is 1.72. The fourth-order valence-corrected chi connectivity index (χ4v) is 2.17. The molecule has 1 amide bonds. The second-order valence-corrected chi connectivity index (χ2v) is 4.67. The van der Waals surface area contributed by atoms with Crippen LogP contribution in [0.15, 0.2) is 18.2 Å². The summed E-state index contributed by atoms with van der Waals surface area (Å²) in [6.07, 6.45) is 0.863. The van der Waals surface area contributed by atoms with Gasteiger partial charge in [0.15, 0.2) is 0 Å². The van der Waals surface area contributed by atoms with E-state index in [1.165, 1.54) is 12.1 Å². The molecule has 0 saturated carbocycles. The van der Waals surface area contributed by atoms with E-state index in [0.717, 1.165) is 19.5 Å². The summed E-state index contributed by atoms with van der Waals surface area (Å²) >= 11 is 0. The number of carboxylic acids is 1. The summed E-state index contributed by atoms with van der Waals surface area (Å²) in [4.78, 5) is 26.3. The monoisotopic (exact) mass is 263 g/mol. The van der Waals surface area contributed by atoms with Crippen molar-refractivity contribution in [2.75, 3.05) is 37.3 Å². The minimum Gasteiger partial charge on any atom is -0.478 e. The van der Waals surface area contributed by atoms with Crippen molar-refractivity contribution in [2.24, 2.45) is 0 Å². The third-order valence-electron chi connectivity index (χ3n) is 3.29. The molecule has 1 aliphatic rings. The van der Waals surface area contributed by atoms with Gasteiger partial charge in [-0.25, -0.2) is 4.79 Å². The maximum atomic E-state index is 11.8. The lowest BCUT2D eigenvalue weighted by atomic mass is 10.1. The van der Waals surface area contributed by atoms with Crippen LogP contribution in [0.1, 0.15) is 16.8 Å². The fourth-order valence-electron chi connectivity index (χ4n) is 2.17. The number of aromatic carboxylic acids is 1. The first-order chi connectivity index (χ1) is 8.99. The topological polar surface area (TPSA) is 86.9 Å². The van der Waals surface area contributed by atoms with Crippen LogP contribution in [0.3, 0.4) is 0 Å². The van der Waals surface area contributed by atoms with Crippen molar-refractivity contribution in [2.45, 2.75) is 6.42 Å². The first kappa shape index (κ1) is 13.2. The molecule has 2 rings (SSSR count). The normalized spacial score (nSPS) is 16.4. The molecule has 19 heavy (non-hydrogen) atoms. The van der Waals surface area contributed by atoms with Gasteiger partial charge in [-0.3, -0.25) is 4.79 Å². The first-order valence-electron chi connectivity index (χ1n) is 6.11. The average Bonchev–Trinajstić information content (AvgIpc) is 2.52. The number of rotatable bonds is 2. The number of amides is 1. The van der Waals surface area contributed by atoms with Crippen molar-refractivity contribution < 1.29 is 14.7 Å². The van der Waals surface area contributed by atoms with Crippen LogP contribution < -0.4 is 10.6 Å². The van der Waals surface area contributed by atoms with Crippen LogP contribution in [0.25, 0.3) is 0 Å². The van der Waals surface area contributed by atoms with Crippen LogP contribution in [0, 0.1) is 0 Å². The molecular formula is C13H17N3O3. The number of likely N-dealkylation sites (N-methyl/N-ethyl adjacent to an activating group) is 1. The Balaban J connectivity index is 2.26. The third-order valence-corrected chi connectivity index (χ3v) is 3.29. The Kier molecular flexibility index (Phi) is 3.59. The fraction of sp³-hybridized carbons (Fsp3) is 0.385. The zero-order chi connectivity index (χ0) is 14.0. The summed E-state index contributed by atoms with van der Waals surface area (Å²) in [5, 5.41) is 8.90. The van der Waals surface area contributed by atoms with Gasteiger partial charge in [-0.05, 0) is 24.6 Å². The molecule has 0 bridgehead atoms. The number of nitrogen functional groups attached to an aromatic ring is 1. The van der Waals surface area contributed by atoms with Gasteiger partial charge in [-0.2, -0.15) is 0 Å². The molecule has 0 atom stereocenters. The summed E-state index contributed by atoms with van der Waals surface area (Å²) in [5.74, 6) is -0.968. The van der Waals surface area contributed by atoms with Gasteiger partial charge in [0.25, 0.3) is 0 Å². The Hall–Kier alpha value is -2.24. The van der Waals surface area contributed by atoms with Crippen LogP contribution in [0.5, 0.6) is 0 Å². The van der Waals surface area contributed by atoms with Crippen molar-refractivity contribution in [3.63, 3.8) is 0 Å². The Morgan fingerprint density at radius 1 is 1.37 bits per heavy atom. The number of nitrogens with two attached hydrogens (primary N) is 1. The Bertz CT molecular complexity index is 516. The highest BCUT2D eigenvalue weighted by Gasteiger charge is 2.20. The Morgan fingerprint density at radius 2 is 2.11 bits per heavy atom. The van der Waals surface area contributed by atoms with Crippen molar-refractivity contribution in [3.8, 4) is 0 Å². The van der Waals surface area contributed by atoms with E-state index in [1.807, 2.05) is 4.90 Å². The standard InChI is InChI=1S/C13H17N3O3/c1-15-5-2-6-16(8-12(15)17)11-4-3-9(13(18)19)7-10(11)14/h3-4,7H,2,5-6,8,14H2,1H3,(H,18,19). The highest BCUT2D eigenvalue weighted by atomic mass is 16.4. The molecule has 0 aliphatic carbocycles. The van der Waals surface area contributed by atoms with Gasteiger partial charge >= 0.3 is 5.97 Å². The number of nitrogens with zero attached hydrogens (tertiary/aromatic N) is 2. The van der Waals surface area contributed by atoms with Crippen LogP contribution in [0.4, 0.5) is 11.4 Å². The smallest absolute Gasteiger partial charge is 0.335 e. The molecule has 6 heteroatoms. The number of anilines is 2. The van der Waals surface area contributed by atoms with E-state index in [1.54, 1.807) is 18.0 Å². The lowest BCUT2D eigenvalue weighted by molar-refractivity contribution is -0.127. The average molecular weight is 263 g/mol. The van der Waals surface area contributed by atoms with Gasteiger partial charge in [0.2, 0.25) is 5.91 Å². The summed E-state index contributed by atoms with van der Waals surface area (Å²) < 4.78 is 0. The summed E-state index contributed by atoms with van der Waals surface area (Å²) in [6, 6.07) is 4.60. The van der Waals surface area contributed by atoms with Gasteiger partial charge in [0, 0.05) is 20.1 Å². The lowest BCUT2D eigenvalue weighted by Crippen LogP contribution is -2.34. The molecule has 1 heterocycles. The zero-order valence-corrected chi connectivity index (χ0v) is 10.8. The van der Waals surface area contributed by atoms with Crippen LogP contribution in [-0.4, -0.2) is 48.6 Å². The lowest BCUT2D eigenvalue weighted by Gasteiger charge is -2.23. The van der Waals surface area contributed by atoms with Gasteiger partial charge < -0.3 is 20.6 Å². The molecule has 6 nitrogen and oxygen atoms in total. The number of carbonyl (C=O) groups excluding carboxylic acids is 1. The number of carboxylic acid groups (broad SMARTS) is 1. The highest BCUT2D eigenvalue weighted by Crippen LogP contribution is 2.25. The Labute approximate surface area is 111 Å². The van der Waals surface area contributed by atoms with Crippen LogP contribution in [-0.2, 0) is 4.79 Å². The van der Waals surface area contributed by atoms with E-state index in [4.69, 9.17) is 10.8 Å². The molecule has 3 N–H and O–H groups in total.